The molecule has 1 aromatic heterocycles. The van der Waals surface area contributed by atoms with Gasteiger partial charge in [-0.3, -0.25) is 9.59 Å². The second kappa shape index (κ2) is 12.9. The van der Waals surface area contributed by atoms with E-state index in [9.17, 15) is 19.8 Å². The van der Waals surface area contributed by atoms with Crippen LogP contribution in [0.25, 0.3) is 10.9 Å². The molecule has 1 atom stereocenters. The number of nitrogens with zero attached hydrogens (tertiary/aromatic N) is 1. The van der Waals surface area contributed by atoms with Crippen LogP contribution in [0.2, 0.25) is 0 Å². The first kappa shape index (κ1) is 27.6. The van der Waals surface area contributed by atoms with Crippen molar-refractivity contribution in [2.45, 2.75) is 37.5 Å². The SMILES string of the molecule is O=C(CCN1CCC(NC[C@@H](O)c2ccc(O)c3[nH]c(=O)ccc23)CC1)NC(c1ccccc1)c1ccccc1. The standard InChI is InChI=1S/C32H36N4O4/c37-27-13-11-25(26-12-14-29(39)35-32(26)27)28(38)21-33-24-15-18-36(19-16-24)20-17-30(40)34-31(22-7-3-1-4-8-22)23-9-5-2-6-10-23/h1-14,24,28,31,33,37-38H,15-21H2,(H,34,40)(H,35,39)/t28-/m1/s1. The lowest BCUT2D eigenvalue weighted by Gasteiger charge is -2.33. The average Bonchev–Trinajstić information content (AvgIpc) is 2.99. The number of likely N-dealkylation sites (tertiary alicyclic amines) is 1. The van der Waals surface area contributed by atoms with E-state index in [1.54, 1.807) is 12.1 Å². The van der Waals surface area contributed by atoms with Crippen LogP contribution in [0.5, 0.6) is 5.75 Å². The van der Waals surface area contributed by atoms with E-state index in [4.69, 9.17) is 0 Å². The van der Waals surface area contributed by atoms with Crippen molar-refractivity contribution in [2.75, 3.05) is 26.2 Å². The molecule has 5 N–H and O–H groups in total. The maximum absolute atomic E-state index is 12.9. The number of phenolic OH excluding ortho intramolecular Hbond substituents is 1. The molecule has 8 nitrogen and oxygen atoms in total. The lowest BCUT2D eigenvalue weighted by atomic mass is 9.98. The topological polar surface area (TPSA) is 118 Å². The number of H-pyrrole nitrogens is 1. The molecule has 0 radical (unpaired) electrons. The van der Waals surface area contributed by atoms with Gasteiger partial charge in [0.1, 0.15) is 5.75 Å². The minimum Gasteiger partial charge on any atom is -0.506 e. The van der Waals surface area contributed by atoms with E-state index in [-0.39, 0.29) is 29.3 Å². The van der Waals surface area contributed by atoms with E-state index in [1.807, 2.05) is 60.7 Å². The molecule has 5 rings (SSSR count). The van der Waals surface area contributed by atoms with Crippen molar-refractivity contribution >= 4 is 16.8 Å². The molecule has 1 aliphatic rings. The molecule has 0 saturated carbocycles. The van der Waals surface area contributed by atoms with Crippen LogP contribution in [-0.2, 0) is 4.79 Å². The van der Waals surface area contributed by atoms with Crippen LogP contribution < -0.4 is 16.2 Å². The molecular formula is C32H36N4O4. The largest absolute Gasteiger partial charge is 0.506 e. The fourth-order valence-corrected chi connectivity index (χ4v) is 5.44. The van der Waals surface area contributed by atoms with Gasteiger partial charge in [-0.05, 0) is 54.8 Å². The maximum Gasteiger partial charge on any atom is 0.248 e. The zero-order valence-corrected chi connectivity index (χ0v) is 22.4. The normalized spacial score (nSPS) is 15.3. The minimum atomic E-state index is -0.780. The molecule has 208 valence electrons. The highest BCUT2D eigenvalue weighted by Crippen LogP contribution is 2.29. The third-order valence-electron chi connectivity index (χ3n) is 7.68. The van der Waals surface area contributed by atoms with Crippen LogP contribution in [0.3, 0.4) is 0 Å². The van der Waals surface area contributed by atoms with Gasteiger partial charge in [-0.25, -0.2) is 0 Å². The molecule has 2 heterocycles. The minimum absolute atomic E-state index is 0.0201. The second-order valence-electron chi connectivity index (χ2n) is 10.4. The number of aliphatic hydroxyl groups excluding tert-OH is 1. The molecule has 1 aliphatic heterocycles. The number of aromatic nitrogens is 1. The summed E-state index contributed by atoms with van der Waals surface area (Å²) in [6, 6.07) is 26.4. The van der Waals surface area contributed by atoms with E-state index in [2.05, 4.69) is 20.5 Å². The van der Waals surface area contributed by atoms with Gasteiger partial charge in [-0.15, -0.1) is 0 Å². The molecule has 1 fully saturated rings. The van der Waals surface area contributed by atoms with E-state index in [0.717, 1.165) is 37.1 Å². The Kier molecular flexibility index (Phi) is 8.91. The monoisotopic (exact) mass is 540 g/mol. The summed E-state index contributed by atoms with van der Waals surface area (Å²) in [7, 11) is 0. The molecule has 0 aliphatic carbocycles. The fourth-order valence-electron chi connectivity index (χ4n) is 5.44. The van der Waals surface area contributed by atoms with E-state index < -0.39 is 6.10 Å². The van der Waals surface area contributed by atoms with Crippen molar-refractivity contribution in [2.24, 2.45) is 0 Å². The molecule has 4 aromatic rings. The molecule has 40 heavy (non-hydrogen) atoms. The number of hydrogen-bond acceptors (Lipinski definition) is 6. The van der Waals surface area contributed by atoms with Crippen LogP contribution in [0, 0.1) is 0 Å². The molecule has 8 heteroatoms. The Hall–Kier alpha value is -3.98. The molecule has 1 amide bonds. The number of aromatic amines is 1. The van der Waals surface area contributed by atoms with Crippen LogP contribution in [0.1, 0.15) is 48.1 Å². The Morgan fingerprint density at radius 2 is 1.57 bits per heavy atom. The summed E-state index contributed by atoms with van der Waals surface area (Å²) >= 11 is 0. The number of phenols is 1. The van der Waals surface area contributed by atoms with Gasteiger partial charge in [-0.2, -0.15) is 0 Å². The molecule has 0 unspecified atom stereocenters. The van der Waals surface area contributed by atoms with Crippen molar-refractivity contribution in [3.8, 4) is 5.75 Å². The highest BCUT2D eigenvalue weighted by atomic mass is 16.3. The number of benzene rings is 3. The fraction of sp³-hybridized carbons (Fsp3) is 0.312. The Morgan fingerprint density at radius 3 is 2.23 bits per heavy atom. The van der Waals surface area contributed by atoms with Gasteiger partial charge >= 0.3 is 0 Å². The summed E-state index contributed by atoms with van der Waals surface area (Å²) in [5.74, 6) is 0.0110. The third kappa shape index (κ3) is 6.77. The molecule has 3 aromatic carbocycles. The van der Waals surface area contributed by atoms with Gasteiger partial charge < -0.3 is 30.7 Å². The Labute approximate surface area is 233 Å². The number of amides is 1. The van der Waals surface area contributed by atoms with Gasteiger partial charge in [-0.1, -0.05) is 66.7 Å². The summed E-state index contributed by atoms with van der Waals surface area (Å²) in [6.45, 7) is 2.83. The number of fused-ring (bicyclic) bond motifs is 1. The number of aliphatic hydroxyl groups is 1. The summed E-state index contributed by atoms with van der Waals surface area (Å²) in [5, 5.41) is 28.3. The summed E-state index contributed by atoms with van der Waals surface area (Å²) in [6.07, 6.45) is 1.50. The van der Waals surface area contributed by atoms with Gasteiger partial charge in [0.05, 0.1) is 17.7 Å². The second-order valence-corrected chi connectivity index (χ2v) is 10.4. The number of pyridine rings is 1. The van der Waals surface area contributed by atoms with Crippen molar-refractivity contribution < 1.29 is 15.0 Å². The number of carbonyl (C=O) groups excluding carboxylic acids is 1. The zero-order chi connectivity index (χ0) is 27.9. The van der Waals surface area contributed by atoms with Crippen molar-refractivity contribution in [3.05, 3.63) is 112 Å². The Balaban J connectivity index is 1.09. The van der Waals surface area contributed by atoms with Crippen LogP contribution >= 0.6 is 0 Å². The number of piperidine rings is 1. The van der Waals surface area contributed by atoms with Gasteiger partial charge in [0.15, 0.2) is 0 Å². The quantitative estimate of drug-likeness (QED) is 0.210. The third-order valence-corrected chi connectivity index (χ3v) is 7.68. The number of aromatic hydroxyl groups is 1. The van der Waals surface area contributed by atoms with E-state index in [0.29, 0.717) is 36.0 Å². The maximum atomic E-state index is 12.9. The molecular weight excluding hydrogens is 504 g/mol. The average molecular weight is 541 g/mol. The van der Waals surface area contributed by atoms with Crippen LogP contribution in [0.15, 0.2) is 89.7 Å². The first-order valence-corrected chi connectivity index (χ1v) is 13.9. The predicted molar refractivity (Wildman–Crippen MR) is 156 cm³/mol. The number of rotatable bonds is 10. The van der Waals surface area contributed by atoms with E-state index >= 15 is 0 Å². The van der Waals surface area contributed by atoms with Gasteiger partial charge in [0, 0.05) is 37.0 Å². The van der Waals surface area contributed by atoms with Crippen LogP contribution in [0.4, 0.5) is 0 Å². The highest BCUT2D eigenvalue weighted by Gasteiger charge is 2.22. The molecule has 0 spiro atoms. The lowest BCUT2D eigenvalue weighted by Crippen LogP contribution is -2.44. The zero-order valence-electron chi connectivity index (χ0n) is 22.4. The summed E-state index contributed by atoms with van der Waals surface area (Å²) in [5.41, 5.74) is 2.81. The lowest BCUT2D eigenvalue weighted by molar-refractivity contribution is -0.122. The number of hydrogen-bond donors (Lipinski definition) is 5. The first-order chi connectivity index (χ1) is 19.5. The molecule has 1 saturated heterocycles. The highest BCUT2D eigenvalue weighted by molar-refractivity contribution is 5.87. The predicted octanol–water partition coefficient (Wildman–Crippen LogP) is 3.62. The Bertz CT molecular complexity index is 1430. The molecule has 0 bridgehead atoms. The number of nitrogens with one attached hydrogen (secondary N) is 3. The summed E-state index contributed by atoms with van der Waals surface area (Å²) < 4.78 is 0. The van der Waals surface area contributed by atoms with Crippen molar-refractivity contribution in [3.63, 3.8) is 0 Å². The van der Waals surface area contributed by atoms with Crippen molar-refractivity contribution in [1.29, 1.82) is 0 Å². The summed E-state index contributed by atoms with van der Waals surface area (Å²) in [4.78, 5) is 29.6. The Morgan fingerprint density at radius 1 is 0.925 bits per heavy atom. The van der Waals surface area contributed by atoms with Gasteiger partial charge in [0.25, 0.3) is 0 Å². The van der Waals surface area contributed by atoms with Crippen LogP contribution in [-0.4, -0.2) is 58.2 Å². The number of carbonyl (C=O) groups is 1. The van der Waals surface area contributed by atoms with Crippen molar-refractivity contribution in [1.82, 2.24) is 20.5 Å². The first-order valence-electron chi connectivity index (χ1n) is 13.9. The van der Waals surface area contributed by atoms with E-state index in [1.165, 1.54) is 12.1 Å². The van der Waals surface area contributed by atoms with Gasteiger partial charge in [0.2, 0.25) is 11.5 Å². The smallest absolute Gasteiger partial charge is 0.248 e.